The largest absolute Gasteiger partial charge is 0.444 e. The number of hydrogen-bond donors (Lipinski definition) is 1. The summed E-state index contributed by atoms with van der Waals surface area (Å²) in [7, 11) is 0. The Labute approximate surface area is 181 Å². The minimum absolute atomic E-state index is 0.410. The monoisotopic (exact) mass is 436 g/mol. The topological polar surface area (TPSA) is 96.6 Å². The average Bonchev–Trinajstić information content (AvgIpc) is 3.10. The molecule has 2 aromatic rings. The van der Waals surface area contributed by atoms with Gasteiger partial charge in [0.15, 0.2) is 5.82 Å². The van der Waals surface area contributed by atoms with E-state index in [4.69, 9.17) is 20.9 Å². The second kappa shape index (κ2) is 8.77. The molecule has 0 radical (unpaired) electrons. The summed E-state index contributed by atoms with van der Waals surface area (Å²) in [5.74, 6) is 1.85. The highest BCUT2D eigenvalue weighted by Crippen LogP contribution is 2.20. The first kappa shape index (κ1) is 22.3. The summed E-state index contributed by atoms with van der Waals surface area (Å²) >= 11 is 5.91. The first-order chi connectivity index (χ1) is 14.0. The molecule has 0 bridgehead atoms. The minimum atomic E-state index is -0.816. The molecule has 9 nitrogen and oxygen atoms in total. The molecule has 10 heteroatoms. The molecule has 3 rings (SSSR count). The van der Waals surface area contributed by atoms with E-state index in [9.17, 15) is 4.79 Å². The normalized spacial score (nSPS) is 15.9. The van der Waals surface area contributed by atoms with E-state index in [1.54, 1.807) is 6.20 Å². The van der Waals surface area contributed by atoms with E-state index in [-0.39, 0.29) is 0 Å². The molecule has 0 saturated carbocycles. The smallest absolute Gasteiger partial charge is 0.408 e. The van der Waals surface area contributed by atoms with E-state index in [0.717, 1.165) is 32.0 Å². The zero-order chi connectivity index (χ0) is 21.9. The molecule has 3 heterocycles. The molecule has 0 unspecified atom stereocenters. The lowest BCUT2D eigenvalue weighted by Gasteiger charge is -2.34. The lowest BCUT2D eigenvalue weighted by Crippen LogP contribution is -2.46. The number of nitrogens with zero attached hydrogens (tertiary/aromatic N) is 5. The summed E-state index contributed by atoms with van der Waals surface area (Å²) in [6.07, 6.45) is 1.14. The predicted octanol–water partition coefficient (Wildman–Crippen LogP) is 3.20. The zero-order valence-electron chi connectivity index (χ0n) is 18.1. The van der Waals surface area contributed by atoms with Gasteiger partial charge in [0.05, 0.1) is 11.6 Å². The number of carbonyl (C=O) groups is 1. The number of piperazine rings is 1. The Hall–Kier alpha value is -2.39. The van der Waals surface area contributed by atoms with Gasteiger partial charge in [0.1, 0.15) is 17.0 Å². The van der Waals surface area contributed by atoms with Crippen LogP contribution in [-0.2, 0) is 16.8 Å². The summed E-state index contributed by atoms with van der Waals surface area (Å²) in [4.78, 5) is 25.4. The van der Waals surface area contributed by atoms with Gasteiger partial charge in [0.2, 0.25) is 5.89 Å². The molecule has 1 amide bonds. The van der Waals surface area contributed by atoms with Crippen LogP contribution < -0.4 is 10.2 Å². The van der Waals surface area contributed by atoms with Gasteiger partial charge in [-0.1, -0.05) is 16.8 Å². The molecule has 0 atom stereocenters. The summed E-state index contributed by atoms with van der Waals surface area (Å²) < 4.78 is 10.7. The molecule has 164 valence electrons. The van der Waals surface area contributed by atoms with E-state index >= 15 is 0 Å². The maximum atomic E-state index is 12.1. The van der Waals surface area contributed by atoms with Crippen molar-refractivity contribution in [1.29, 1.82) is 0 Å². The Morgan fingerprint density at radius 1 is 1.20 bits per heavy atom. The Morgan fingerprint density at radius 3 is 2.50 bits per heavy atom. The van der Waals surface area contributed by atoms with E-state index in [0.29, 0.717) is 23.3 Å². The second-order valence-electron chi connectivity index (χ2n) is 8.86. The molecule has 1 N–H and O–H groups in total. The van der Waals surface area contributed by atoms with Gasteiger partial charge in [-0.2, -0.15) is 4.98 Å². The lowest BCUT2D eigenvalue weighted by molar-refractivity contribution is 0.0465. The van der Waals surface area contributed by atoms with Crippen LogP contribution in [-0.4, -0.2) is 57.9 Å². The number of halogens is 1. The van der Waals surface area contributed by atoms with Crippen molar-refractivity contribution in [3.05, 3.63) is 35.1 Å². The number of amides is 1. The van der Waals surface area contributed by atoms with Gasteiger partial charge in [0, 0.05) is 32.4 Å². The van der Waals surface area contributed by atoms with Gasteiger partial charge in [-0.15, -0.1) is 0 Å². The van der Waals surface area contributed by atoms with Crippen molar-refractivity contribution in [3.8, 4) is 0 Å². The lowest BCUT2D eigenvalue weighted by atomic mass is 10.1. The molecule has 2 aromatic heterocycles. The molecule has 1 aliphatic rings. The number of nitrogens with one attached hydrogen (secondary N) is 1. The summed E-state index contributed by atoms with van der Waals surface area (Å²) in [6.45, 7) is 13.0. The third kappa shape index (κ3) is 6.06. The van der Waals surface area contributed by atoms with Crippen molar-refractivity contribution < 1.29 is 14.1 Å². The van der Waals surface area contributed by atoms with Crippen LogP contribution in [0.1, 0.15) is 46.3 Å². The highest BCUT2D eigenvalue weighted by atomic mass is 35.5. The fourth-order valence-corrected chi connectivity index (χ4v) is 3.18. The molecular formula is C20H29ClN6O3. The molecule has 1 fully saturated rings. The van der Waals surface area contributed by atoms with Crippen molar-refractivity contribution in [3.63, 3.8) is 0 Å². The number of anilines is 1. The standard InChI is InChI=1S/C20H29ClN6O3/c1-19(2,3)29-18(28)24-20(4,5)17-23-16(30-25-17)13-26-8-10-27(11-9-26)15-7-6-14(21)12-22-15/h6-7,12H,8-11,13H2,1-5H3,(H,24,28). The van der Waals surface area contributed by atoms with Gasteiger partial charge in [0.25, 0.3) is 0 Å². The molecule has 1 aliphatic heterocycles. The number of pyridine rings is 1. The van der Waals surface area contributed by atoms with E-state index in [1.807, 2.05) is 46.8 Å². The van der Waals surface area contributed by atoms with Gasteiger partial charge >= 0.3 is 6.09 Å². The quantitative estimate of drug-likeness (QED) is 0.763. The highest BCUT2D eigenvalue weighted by molar-refractivity contribution is 6.30. The summed E-state index contributed by atoms with van der Waals surface area (Å²) in [6, 6.07) is 3.78. The second-order valence-corrected chi connectivity index (χ2v) is 9.30. The highest BCUT2D eigenvalue weighted by Gasteiger charge is 2.31. The van der Waals surface area contributed by atoms with E-state index in [1.165, 1.54) is 0 Å². The number of alkyl carbamates (subject to hydrolysis) is 1. The van der Waals surface area contributed by atoms with Crippen LogP contribution >= 0.6 is 11.6 Å². The first-order valence-electron chi connectivity index (χ1n) is 9.95. The van der Waals surface area contributed by atoms with Crippen molar-refractivity contribution in [2.75, 3.05) is 31.1 Å². The SMILES string of the molecule is CC(C)(C)OC(=O)NC(C)(C)c1noc(CN2CCN(c3ccc(Cl)cn3)CC2)n1. The van der Waals surface area contributed by atoms with Gasteiger partial charge in [-0.05, 0) is 46.8 Å². The third-order valence-corrected chi connectivity index (χ3v) is 4.83. The zero-order valence-corrected chi connectivity index (χ0v) is 18.9. The number of carbonyl (C=O) groups excluding carboxylic acids is 1. The van der Waals surface area contributed by atoms with Crippen molar-refractivity contribution in [1.82, 2.24) is 25.3 Å². The number of hydrogen-bond acceptors (Lipinski definition) is 8. The number of rotatable bonds is 5. The van der Waals surface area contributed by atoms with Crippen molar-refractivity contribution in [2.45, 2.75) is 52.3 Å². The number of aromatic nitrogens is 3. The van der Waals surface area contributed by atoms with Crippen LogP contribution in [0, 0.1) is 0 Å². The predicted molar refractivity (Wildman–Crippen MR) is 113 cm³/mol. The summed E-state index contributed by atoms with van der Waals surface area (Å²) in [5, 5.41) is 7.48. The fraction of sp³-hybridized carbons (Fsp3) is 0.600. The van der Waals surface area contributed by atoms with E-state index < -0.39 is 17.2 Å². The van der Waals surface area contributed by atoms with Gasteiger partial charge in [-0.3, -0.25) is 4.90 Å². The maximum absolute atomic E-state index is 12.1. The average molecular weight is 437 g/mol. The van der Waals surface area contributed by atoms with Crippen LogP contribution in [0.2, 0.25) is 5.02 Å². The van der Waals surface area contributed by atoms with Gasteiger partial charge < -0.3 is 19.5 Å². The molecule has 1 saturated heterocycles. The Bertz CT molecular complexity index is 854. The van der Waals surface area contributed by atoms with Crippen molar-refractivity contribution >= 4 is 23.5 Å². The molecule has 0 aliphatic carbocycles. The Kier molecular flexibility index (Phi) is 6.52. The first-order valence-corrected chi connectivity index (χ1v) is 10.3. The van der Waals surface area contributed by atoms with E-state index in [2.05, 4.69) is 30.2 Å². The molecule has 30 heavy (non-hydrogen) atoms. The number of ether oxygens (including phenoxy) is 1. The van der Waals surface area contributed by atoms with Crippen LogP contribution in [0.5, 0.6) is 0 Å². The van der Waals surface area contributed by atoms with Crippen LogP contribution in [0.3, 0.4) is 0 Å². The van der Waals surface area contributed by atoms with Crippen molar-refractivity contribution in [2.24, 2.45) is 0 Å². The Balaban J connectivity index is 1.53. The maximum Gasteiger partial charge on any atom is 0.408 e. The van der Waals surface area contributed by atoms with Gasteiger partial charge in [-0.25, -0.2) is 9.78 Å². The molecule has 0 spiro atoms. The van der Waals surface area contributed by atoms with Crippen LogP contribution in [0.15, 0.2) is 22.9 Å². The third-order valence-electron chi connectivity index (χ3n) is 4.61. The molecule has 0 aromatic carbocycles. The molecular weight excluding hydrogens is 408 g/mol. The minimum Gasteiger partial charge on any atom is -0.444 e. The van der Waals surface area contributed by atoms with Crippen LogP contribution in [0.25, 0.3) is 0 Å². The van der Waals surface area contributed by atoms with Crippen LogP contribution in [0.4, 0.5) is 10.6 Å². The Morgan fingerprint density at radius 2 is 1.90 bits per heavy atom. The fourth-order valence-electron chi connectivity index (χ4n) is 3.07. The summed E-state index contributed by atoms with van der Waals surface area (Å²) in [5.41, 5.74) is -1.39.